The lowest BCUT2D eigenvalue weighted by Gasteiger charge is -2.16. The Hall–Kier alpha value is -1.87. The minimum absolute atomic E-state index is 0.492. The Morgan fingerprint density at radius 3 is 3.00 bits per heavy atom. The molecule has 1 aromatic carbocycles. The minimum Gasteiger partial charge on any atom is -0.387 e. The van der Waals surface area contributed by atoms with Crippen LogP contribution >= 0.6 is 0 Å². The van der Waals surface area contributed by atoms with Crippen LogP contribution in [-0.2, 0) is 6.54 Å². The van der Waals surface area contributed by atoms with Gasteiger partial charge in [-0.1, -0.05) is 24.3 Å². The van der Waals surface area contributed by atoms with Gasteiger partial charge >= 0.3 is 0 Å². The van der Waals surface area contributed by atoms with Gasteiger partial charge in [-0.15, -0.1) is 0 Å². The first-order chi connectivity index (χ1) is 9.83. The number of aliphatic hydroxyl groups excluding tert-OH is 1. The Morgan fingerprint density at radius 1 is 1.30 bits per heavy atom. The molecule has 3 rings (SSSR count). The first-order valence-electron chi connectivity index (χ1n) is 7.26. The fourth-order valence-corrected chi connectivity index (χ4v) is 2.75. The molecule has 1 N–H and O–H groups in total. The van der Waals surface area contributed by atoms with Gasteiger partial charge in [0.1, 0.15) is 0 Å². The van der Waals surface area contributed by atoms with Gasteiger partial charge < -0.3 is 9.67 Å². The van der Waals surface area contributed by atoms with E-state index in [1.54, 1.807) is 12.5 Å². The summed E-state index contributed by atoms with van der Waals surface area (Å²) in [5.41, 5.74) is 3.66. The van der Waals surface area contributed by atoms with Crippen LogP contribution in [0.4, 0.5) is 0 Å². The van der Waals surface area contributed by atoms with Gasteiger partial charge in [0.25, 0.3) is 0 Å². The molecule has 1 atom stereocenters. The summed E-state index contributed by atoms with van der Waals surface area (Å²) >= 11 is 0. The molecule has 0 fully saturated rings. The van der Waals surface area contributed by atoms with E-state index in [1.807, 2.05) is 22.9 Å². The molecule has 0 amide bonds. The van der Waals surface area contributed by atoms with E-state index in [0.29, 0.717) is 6.54 Å². The highest BCUT2D eigenvalue weighted by Crippen LogP contribution is 2.28. The second-order valence-electron chi connectivity index (χ2n) is 5.38. The van der Waals surface area contributed by atoms with Gasteiger partial charge in [-0.25, -0.2) is 4.98 Å². The summed E-state index contributed by atoms with van der Waals surface area (Å²) in [4.78, 5) is 4.00. The summed E-state index contributed by atoms with van der Waals surface area (Å²) in [6.07, 6.45) is 12.1. The van der Waals surface area contributed by atoms with Crippen LogP contribution in [0, 0.1) is 0 Å². The molecular formula is C17H20N2O. The van der Waals surface area contributed by atoms with Crippen LogP contribution in [0.25, 0.3) is 5.57 Å². The zero-order valence-corrected chi connectivity index (χ0v) is 11.6. The first-order valence-corrected chi connectivity index (χ1v) is 7.26. The fourth-order valence-electron chi connectivity index (χ4n) is 2.75. The Balaban J connectivity index is 1.78. The minimum atomic E-state index is -0.492. The van der Waals surface area contributed by atoms with E-state index in [9.17, 15) is 5.11 Å². The van der Waals surface area contributed by atoms with E-state index < -0.39 is 6.10 Å². The van der Waals surface area contributed by atoms with Crippen molar-refractivity contribution >= 4 is 5.57 Å². The van der Waals surface area contributed by atoms with Gasteiger partial charge in [0, 0.05) is 12.4 Å². The van der Waals surface area contributed by atoms with Crippen LogP contribution < -0.4 is 0 Å². The molecule has 0 aliphatic heterocycles. The van der Waals surface area contributed by atoms with Crippen LogP contribution in [0.3, 0.4) is 0 Å². The van der Waals surface area contributed by atoms with Crippen molar-refractivity contribution in [1.82, 2.24) is 9.55 Å². The maximum absolute atomic E-state index is 10.3. The lowest BCUT2D eigenvalue weighted by atomic mass is 9.92. The Labute approximate surface area is 119 Å². The summed E-state index contributed by atoms with van der Waals surface area (Å²) in [6, 6.07) is 8.30. The highest BCUT2D eigenvalue weighted by molar-refractivity contribution is 5.66. The summed E-state index contributed by atoms with van der Waals surface area (Å²) in [5.74, 6) is 0. The normalized spacial score (nSPS) is 16.8. The molecule has 1 heterocycles. The monoisotopic (exact) mass is 268 g/mol. The molecule has 0 bridgehead atoms. The van der Waals surface area contributed by atoms with Crippen molar-refractivity contribution in [2.24, 2.45) is 0 Å². The lowest BCUT2D eigenvalue weighted by molar-refractivity contribution is 0.156. The average molecular weight is 268 g/mol. The fraction of sp³-hybridized carbons (Fsp3) is 0.353. The molecule has 104 valence electrons. The maximum atomic E-state index is 10.3. The number of rotatable bonds is 4. The van der Waals surface area contributed by atoms with Gasteiger partial charge in [-0.3, -0.25) is 0 Å². The van der Waals surface area contributed by atoms with Gasteiger partial charge in [0.05, 0.1) is 19.0 Å². The average Bonchev–Trinajstić information content (AvgIpc) is 3.01. The third-order valence-corrected chi connectivity index (χ3v) is 3.88. The number of aromatic nitrogens is 2. The maximum Gasteiger partial charge on any atom is 0.0969 e. The third kappa shape index (κ3) is 2.99. The molecule has 0 radical (unpaired) electrons. The van der Waals surface area contributed by atoms with E-state index in [0.717, 1.165) is 12.0 Å². The quantitative estimate of drug-likeness (QED) is 0.920. The van der Waals surface area contributed by atoms with Gasteiger partial charge in [-0.05, 0) is 48.4 Å². The number of aliphatic hydroxyl groups is 1. The van der Waals surface area contributed by atoms with Crippen molar-refractivity contribution in [3.63, 3.8) is 0 Å². The lowest BCUT2D eigenvalue weighted by Crippen LogP contribution is -2.07. The zero-order valence-electron chi connectivity index (χ0n) is 11.6. The van der Waals surface area contributed by atoms with Gasteiger partial charge in [0.15, 0.2) is 0 Å². The van der Waals surface area contributed by atoms with Crippen LogP contribution in [0.5, 0.6) is 0 Å². The number of imidazole rings is 1. The first kappa shape index (κ1) is 13.1. The molecule has 20 heavy (non-hydrogen) atoms. The summed E-state index contributed by atoms with van der Waals surface area (Å²) in [7, 11) is 0. The highest BCUT2D eigenvalue weighted by atomic mass is 16.3. The Kier molecular flexibility index (Phi) is 3.97. The van der Waals surface area contributed by atoms with Crippen LogP contribution in [0.2, 0.25) is 0 Å². The topological polar surface area (TPSA) is 38.0 Å². The largest absolute Gasteiger partial charge is 0.387 e. The van der Waals surface area contributed by atoms with E-state index in [4.69, 9.17) is 0 Å². The number of allylic oxidation sites excluding steroid dienone is 2. The van der Waals surface area contributed by atoms with Crippen molar-refractivity contribution in [2.75, 3.05) is 0 Å². The smallest absolute Gasteiger partial charge is 0.0969 e. The summed E-state index contributed by atoms with van der Waals surface area (Å²) in [5, 5.41) is 10.3. The van der Waals surface area contributed by atoms with Crippen molar-refractivity contribution in [3.05, 3.63) is 60.2 Å². The van der Waals surface area contributed by atoms with Crippen LogP contribution in [0.15, 0.2) is 49.1 Å². The molecule has 1 unspecified atom stereocenters. The zero-order chi connectivity index (χ0) is 13.8. The van der Waals surface area contributed by atoms with E-state index in [1.165, 1.54) is 30.4 Å². The van der Waals surface area contributed by atoms with Gasteiger partial charge in [0.2, 0.25) is 0 Å². The van der Waals surface area contributed by atoms with E-state index in [-0.39, 0.29) is 0 Å². The number of hydrogen-bond donors (Lipinski definition) is 1. The highest BCUT2D eigenvalue weighted by Gasteiger charge is 2.11. The van der Waals surface area contributed by atoms with E-state index >= 15 is 0 Å². The molecule has 1 aliphatic rings. The van der Waals surface area contributed by atoms with Gasteiger partial charge in [-0.2, -0.15) is 0 Å². The van der Waals surface area contributed by atoms with Crippen molar-refractivity contribution in [2.45, 2.75) is 38.3 Å². The second kappa shape index (κ2) is 6.06. The standard InChI is InChI=1S/C17H20N2O/c20-17(12-19-10-9-18-13-19)16-8-4-7-15(11-16)14-5-2-1-3-6-14/h4-5,7-11,13,17,20H,1-3,6,12H2. The molecular weight excluding hydrogens is 248 g/mol. The Bertz CT molecular complexity index is 587. The van der Waals surface area contributed by atoms with Crippen molar-refractivity contribution in [3.8, 4) is 0 Å². The SMILES string of the molecule is OC(Cn1ccnc1)c1cccc(C2=CCCCC2)c1. The predicted octanol–water partition coefficient (Wildman–Crippen LogP) is 3.57. The number of benzene rings is 1. The van der Waals surface area contributed by atoms with Crippen molar-refractivity contribution < 1.29 is 5.11 Å². The molecule has 1 aliphatic carbocycles. The van der Waals surface area contributed by atoms with E-state index in [2.05, 4.69) is 23.2 Å². The second-order valence-corrected chi connectivity index (χ2v) is 5.38. The molecule has 0 spiro atoms. The molecule has 0 saturated carbocycles. The molecule has 3 heteroatoms. The molecule has 2 aromatic rings. The summed E-state index contributed by atoms with van der Waals surface area (Å²) in [6.45, 7) is 0.544. The van der Waals surface area contributed by atoms with Crippen LogP contribution in [0.1, 0.15) is 42.9 Å². The molecule has 3 nitrogen and oxygen atoms in total. The third-order valence-electron chi connectivity index (χ3n) is 3.88. The Morgan fingerprint density at radius 2 is 2.25 bits per heavy atom. The molecule has 0 saturated heterocycles. The summed E-state index contributed by atoms with van der Waals surface area (Å²) < 4.78 is 1.90. The number of nitrogens with zero attached hydrogens (tertiary/aromatic N) is 2. The number of hydrogen-bond acceptors (Lipinski definition) is 2. The van der Waals surface area contributed by atoms with Crippen molar-refractivity contribution in [1.29, 1.82) is 0 Å². The predicted molar refractivity (Wildman–Crippen MR) is 80.1 cm³/mol. The molecule has 1 aromatic heterocycles. The van der Waals surface area contributed by atoms with Crippen LogP contribution in [-0.4, -0.2) is 14.7 Å².